The van der Waals surface area contributed by atoms with Crippen molar-refractivity contribution in [1.82, 2.24) is 0 Å². The number of rotatable bonds is 7. The molecule has 0 heterocycles. The number of aromatic hydroxyl groups is 2. The van der Waals surface area contributed by atoms with Gasteiger partial charge in [0, 0.05) is 18.1 Å². The highest BCUT2D eigenvalue weighted by Crippen LogP contribution is 2.43. The average Bonchev–Trinajstić information content (AvgIpc) is 2.73. The van der Waals surface area contributed by atoms with Gasteiger partial charge in [0.15, 0.2) is 5.78 Å². The molecular weight excluding hydrogens is 376 g/mol. The van der Waals surface area contributed by atoms with E-state index in [2.05, 4.69) is 38.1 Å². The van der Waals surface area contributed by atoms with E-state index in [-0.39, 0.29) is 34.7 Å². The molecule has 158 valence electrons. The lowest BCUT2D eigenvalue weighted by atomic mass is 9.72. The Morgan fingerprint density at radius 1 is 1.13 bits per heavy atom. The van der Waals surface area contributed by atoms with Gasteiger partial charge < -0.3 is 14.9 Å². The Labute approximate surface area is 178 Å². The quantitative estimate of drug-likeness (QED) is 0.427. The minimum Gasteiger partial charge on any atom is -0.507 e. The average molecular weight is 407 g/mol. The van der Waals surface area contributed by atoms with E-state index in [0.29, 0.717) is 12.2 Å². The SMILES string of the molecule is COc1cc(O)c(C(=O)[C@H]2CC=C(CCC=C(C)C)C[C@@H]2c2ccccc2)c(O)c1. The van der Waals surface area contributed by atoms with Crippen molar-refractivity contribution < 1.29 is 19.7 Å². The van der Waals surface area contributed by atoms with Crippen LogP contribution in [0.2, 0.25) is 0 Å². The first-order chi connectivity index (χ1) is 14.4. The van der Waals surface area contributed by atoms with E-state index in [9.17, 15) is 15.0 Å². The fourth-order valence-electron chi connectivity index (χ4n) is 4.20. The van der Waals surface area contributed by atoms with Crippen LogP contribution < -0.4 is 4.74 Å². The summed E-state index contributed by atoms with van der Waals surface area (Å²) in [6, 6.07) is 12.8. The maximum absolute atomic E-state index is 13.4. The van der Waals surface area contributed by atoms with Gasteiger partial charge in [-0.2, -0.15) is 0 Å². The number of phenols is 2. The summed E-state index contributed by atoms with van der Waals surface area (Å²) in [4.78, 5) is 13.4. The maximum Gasteiger partial charge on any atom is 0.174 e. The van der Waals surface area contributed by atoms with Gasteiger partial charge in [-0.3, -0.25) is 4.79 Å². The van der Waals surface area contributed by atoms with Gasteiger partial charge in [-0.25, -0.2) is 0 Å². The molecule has 0 unspecified atom stereocenters. The Morgan fingerprint density at radius 3 is 2.40 bits per heavy atom. The molecule has 0 aliphatic heterocycles. The number of carbonyl (C=O) groups excluding carboxylic acids is 1. The van der Waals surface area contributed by atoms with Crippen molar-refractivity contribution in [2.24, 2.45) is 5.92 Å². The highest BCUT2D eigenvalue weighted by atomic mass is 16.5. The van der Waals surface area contributed by atoms with Gasteiger partial charge in [0.2, 0.25) is 0 Å². The summed E-state index contributed by atoms with van der Waals surface area (Å²) in [7, 11) is 1.45. The second-order valence-corrected chi connectivity index (χ2v) is 8.15. The normalized spacial score (nSPS) is 18.4. The summed E-state index contributed by atoms with van der Waals surface area (Å²) in [5, 5.41) is 20.8. The van der Waals surface area contributed by atoms with E-state index in [1.54, 1.807) is 0 Å². The fraction of sp³-hybridized carbons (Fsp3) is 0.346. The number of hydrogen-bond donors (Lipinski definition) is 2. The summed E-state index contributed by atoms with van der Waals surface area (Å²) >= 11 is 0. The van der Waals surface area contributed by atoms with E-state index in [1.807, 2.05) is 18.2 Å². The zero-order valence-corrected chi connectivity index (χ0v) is 17.9. The molecule has 2 aromatic carbocycles. The van der Waals surface area contributed by atoms with Crippen LogP contribution in [0.1, 0.15) is 61.4 Å². The van der Waals surface area contributed by atoms with Crippen LogP contribution in [0.25, 0.3) is 0 Å². The first kappa shape index (κ1) is 21.7. The Bertz CT molecular complexity index is 929. The monoisotopic (exact) mass is 406 g/mol. The number of benzene rings is 2. The summed E-state index contributed by atoms with van der Waals surface area (Å²) in [5.41, 5.74) is 3.75. The third-order valence-corrected chi connectivity index (χ3v) is 5.76. The van der Waals surface area contributed by atoms with Gasteiger partial charge in [0.05, 0.1) is 7.11 Å². The Kier molecular flexibility index (Phi) is 6.99. The van der Waals surface area contributed by atoms with Gasteiger partial charge in [0.25, 0.3) is 0 Å². The fourth-order valence-corrected chi connectivity index (χ4v) is 4.20. The van der Waals surface area contributed by atoms with Crippen molar-refractivity contribution in [3.63, 3.8) is 0 Å². The lowest BCUT2D eigenvalue weighted by Crippen LogP contribution is -2.26. The van der Waals surface area contributed by atoms with Crippen molar-refractivity contribution in [2.75, 3.05) is 7.11 Å². The highest BCUT2D eigenvalue weighted by Gasteiger charge is 2.35. The minimum absolute atomic E-state index is 0.00584. The van der Waals surface area contributed by atoms with Crippen LogP contribution in [-0.4, -0.2) is 23.1 Å². The number of carbonyl (C=O) groups is 1. The number of methoxy groups -OCH3 is 1. The number of ether oxygens (including phenoxy) is 1. The van der Waals surface area contributed by atoms with Crippen molar-refractivity contribution >= 4 is 5.78 Å². The topological polar surface area (TPSA) is 66.8 Å². The third-order valence-electron chi connectivity index (χ3n) is 5.76. The molecule has 0 aromatic heterocycles. The predicted octanol–water partition coefficient (Wildman–Crippen LogP) is 6.16. The van der Waals surface area contributed by atoms with Crippen LogP contribution >= 0.6 is 0 Å². The molecule has 0 fully saturated rings. The molecule has 1 aliphatic rings. The van der Waals surface area contributed by atoms with Crippen LogP contribution in [0.15, 0.2) is 65.8 Å². The van der Waals surface area contributed by atoms with Gasteiger partial charge in [-0.05, 0) is 51.0 Å². The zero-order chi connectivity index (χ0) is 21.7. The molecule has 0 spiro atoms. The maximum atomic E-state index is 13.4. The summed E-state index contributed by atoms with van der Waals surface area (Å²) < 4.78 is 5.07. The molecule has 0 radical (unpaired) electrons. The molecule has 0 bridgehead atoms. The lowest BCUT2D eigenvalue weighted by Gasteiger charge is -2.31. The van der Waals surface area contributed by atoms with E-state index in [0.717, 1.165) is 24.8 Å². The smallest absolute Gasteiger partial charge is 0.174 e. The van der Waals surface area contributed by atoms with Gasteiger partial charge in [-0.15, -0.1) is 0 Å². The zero-order valence-electron chi connectivity index (χ0n) is 17.9. The summed E-state index contributed by atoms with van der Waals surface area (Å²) in [6.07, 6.45) is 7.77. The summed E-state index contributed by atoms with van der Waals surface area (Å²) in [6.45, 7) is 4.20. The molecule has 2 N–H and O–H groups in total. The molecule has 2 atom stereocenters. The first-order valence-corrected chi connectivity index (χ1v) is 10.4. The van der Waals surface area contributed by atoms with Crippen molar-refractivity contribution in [3.05, 3.63) is 76.9 Å². The molecule has 4 heteroatoms. The van der Waals surface area contributed by atoms with Crippen LogP contribution in [0.3, 0.4) is 0 Å². The van der Waals surface area contributed by atoms with Gasteiger partial charge in [-0.1, -0.05) is 53.6 Å². The lowest BCUT2D eigenvalue weighted by molar-refractivity contribution is 0.0889. The molecule has 0 saturated carbocycles. The number of ketones is 1. The standard InChI is InChI=1S/C26H30O4/c1-17(2)8-7-9-18-12-13-21(22(14-18)19-10-5-4-6-11-19)26(29)25-23(27)15-20(30-3)16-24(25)28/h4-6,8,10-12,15-16,21-22,27-28H,7,9,13-14H2,1-3H3/t21-,22+/m0/s1. The number of phenolic OH excluding ortho intramolecular Hbond substituents is 2. The van der Waals surface area contributed by atoms with Crippen molar-refractivity contribution in [2.45, 2.75) is 45.4 Å². The highest BCUT2D eigenvalue weighted by molar-refractivity contribution is 6.03. The number of allylic oxidation sites excluding steroid dienone is 4. The molecule has 0 amide bonds. The number of Topliss-reactive ketones (excluding diaryl/α,β-unsaturated/α-hetero) is 1. The van der Waals surface area contributed by atoms with Gasteiger partial charge in [0.1, 0.15) is 22.8 Å². The first-order valence-electron chi connectivity index (χ1n) is 10.4. The molecule has 2 aromatic rings. The second kappa shape index (κ2) is 9.66. The molecule has 3 rings (SSSR count). The Morgan fingerprint density at radius 2 is 1.80 bits per heavy atom. The predicted molar refractivity (Wildman–Crippen MR) is 119 cm³/mol. The molecule has 0 saturated heterocycles. The van der Waals surface area contributed by atoms with Crippen LogP contribution in [0.4, 0.5) is 0 Å². The Hall–Kier alpha value is -3.01. The third kappa shape index (κ3) is 4.93. The van der Waals surface area contributed by atoms with Crippen molar-refractivity contribution in [3.8, 4) is 17.2 Å². The van der Waals surface area contributed by atoms with E-state index >= 15 is 0 Å². The van der Waals surface area contributed by atoms with Crippen LogP contribution in [0.5, 0.6) is 17.2 Å². The van der Waals surface area contributed by atoms with Crippen molar-refractivity contribution in [1.29, 1.82) is 0 Å². The van der Waals surface area contributed by atoms with Crippen LogP contribution in [0, 0.1) is 5.92 Å². The molecule has 30 heavy (non-hydrogen) atoms. The molecule has 4 nitrogen and oxygen atoms in total. The minimum atomic E-state index is -0.343. The second-order valence-electron chi connectivity index (χ2n) is 8.15. The van der Waals surface area contributed by atoms with E-state index < -0.39 is 0 Å². The van der Waals surface area contributed by atoms with E-state index in [4.69, 9.17) is 4.74 Å². The van der Waals surface area contributed by atoms with Gasteiger partial charge >= 0.3 is 0 Å². The molecular formula is C26H30O4. The van der Waals surface area contributed by atoms with Crippen LogP contribution in [-0.2, 0) is 0 Å². The summed E-state index contributed by atoms with van der Waals surface area (Å²) in [5.74, 6) is -0.757. The molecule has 1 aliphatic carbocycles. The Balaban J connectivity index is 1.92. The number of hydrogen-bond acceptors (Lipinski definition) is 4. The van der Waals surface area contributed by atoms with E-state index in [1.165, 1.54) is 30.4 Å². The largest absolute Gasteiger partial charge is 0.507 e.